The molecule has 7 heteroatoms. The monoisotopic (exact) mass is 240 g/mol. The van der Waals surface area contributed by atoms with Gasteiger partial charge < -0.3 is 0 Å². The fraction of sp³-hybridized carbons (Fsp3) is 0. The van der Waals surface area contributed by atoms with E-state index in [1.807, 2.05) is 0 Å². The normalized spacial score (nSPS) is 18.6. The minimum absolute atomic E-state index is 3.28. The molecule has 44 valence electrons. The molecule has 0 aromatic rings. The first-order valence-electron chi connectivity index (χ1n) is 1.00. The standard InChI is InChI=1S/H2O5Se2/c1-6(2)5-7(3)4/h(H,1,2)(H,3,4)/p-2. The molecule has 0 bridgehead atoms. The number of hydrogen-bond acceptors (Lipinski definition) is 5. The molecule has 0 fully saturated rings. The first-order valence-corrected chi connectivity index (χ1v) is 5.20. The van der Waals surface area contributed by atoms with Gasteiger partial charge in [-0.2, -0.15) is 0 Å². The first-order chi connectivity index (χ1) is 3.13. The summed E-state index contributed by atoms with van der Waals surface area (Å²) in [4.78, 5) is 0. The summed E-state index contributed by atoms with van der Waals surface area (Å²) in [6, 6.07) is 0. The summed E-state index contributed by atoms with van der Waals surface area (Å²) >= 11 is -7.38. The predicted molar refractivity (Wildman–Crippen MR) is 14.0 cm³/mol. The van der Waals surface area contributed by atoms with E-state index in [4.69, 9.17) is 0 Å². The zero-order valence-corrected chi connectivity index (χ0v) is 6.28. The van der Waals surface area contributed by atoms with E-state index < -0.39 is 29.0 Å². The van der Waals surface area contributed by atoms with Crippen LogP contribution in [0.4, 0.5) is 0 Å². The molecular weight excluding hydrogens is 238 g/mol. The Labute approximate surface area is 48.4 Å². The molecule has 0 amide bonds. The second-order valence-corrected chi connectivity index (χ2v) is 3.96. The van der Waals surface area contributed by atoms with Crippen LogP contribution in [-0.2, 0) is 10.6 Å². The molecule has 0 aromatic carbocycles. The van der Waals surface area contributed by atoms with E-state index in [-0.39, 0.29) is 0 Å². The Bertz CT molecular complexity index is 82.3. The van der Waals surface area contributed by atoms with Gasteiger partial charge in [0.15, 0.2) is 0 Å². The van der Waals surface area contributed by atoms with Gasteiger partial charge >= 0.3 is 47.9 Å². The summed E-state index contributed by atoms with van der Waals surface area (Å²) in [7, 11) is 0. The maximum atomic E-state index is 9.32. The molecule has 0 rings (SSSR count). The van der Waals surface area contributed by atoms with Crippen LogP contribution in [0.2, 0.25) is 0 Å². The van der Waals surface area contributed by atoms with Crippen LogP contribution in [0.3, 0.4) is 0 Å². The van der Waals surface area contributed by atoms with Gasteiger partial charge in [0.1, 0.15) is 0 Å². The van der Waals surface area contributed by atoms with Crippen molar-refractivity contribution >= 4 is 29.0 Å². The molecule has 0 radical (unpaired) electrons. The van der Waals surface area contributed by atoms with Gasteiger partial charge in [0.25, 0.3) is 0 Å². The topological polar surface area (TPSA) is 89.5 Å². The fourth-order valence-electron chi connectivity index (χ4n) is 0.0454. The van der Waals surface area contributed by atoms with Crippen molar-refractivity contribution in [2.24, 2.45) is 0 Å². The quantitative estimate of drug-likeness (QED) is 0.466. The van der Waals surface area contributed by atoms with Gasteiger partial charge in [0.2, 0.25) is 0 Å². The van der Waals surface area contributed by atoms with Crippen LogP contribution in [0, 0.1) is 0 Å². The van der Waals surface area contributed by atoms with Gasteiger partial charge in [0, 0.05) is 0 Å². The third kappa shape index (κ3) is 6.52. The van der Waals surface area contributed by atoms with E-state index in [0.717, 1.165) is 0 Å². The van der Waals surface area contributed by atoms with Crippen molar-refractivity contribution in [1.29, 1.82) is 0 Å². The van der Waals surface area contributed by atoms with E-state index in [2.05, 4.69) is 2.90 Å². The van der Waals surface area contributed by atoms with Crippen molar-refractivity contribution in [3.05, 3.63) is 0 Å². The van der Waals surface area contributed by atoms with Crippen LogP contribution in [-0.4, -0.2) is 29.0 Å². The number of rotatable bonds is 2. The van der Waals surface area contributed by atoms with Crippen molar-refractivity contribution in [2.75, 3.05) is 0 Å². The Morgan fingerprint density at radius 2 is 1.43 bits per heavy atom. The molecular formula is O5Se2-2. The van der Waals surface area contributed by atoms with Gasteiger partial charge in [0.05, 0.1) is 0 Å². The van der Waals surface area contributed by atoms with E-state index >= 15 is 0 Å². The van der Waals surface area contributed by atoms with Gasteiger partial charge in [-0.25, -0.2) is 0 Å². The zero-order valence-electron chi connectivity index (χ0n) is 2.86. The Balaban J connectivity index is 3.32. The second kappa shape index (κ2) is 3.51. The molecule has 0 aliphatic rings. The van der Waals surface area contributed by atoms with Crippen LogP contribution < -0.4 is 8.38 Å². The summed E-state index contributed by atoms with van der Waals surface area (Å²) < 4.78 is 40.5. The Kier molecular flexibility index (Phi) is 3.77. The Morgan fingerprint density at radius 3 is 1.43 bits per heavy atom. The van der Waals surface area contributed by atoms with E-state index in [9.17, 15) is 16.0 Å². The average molecular weight is 238 g/mol. The van der Waals surface area contributed by atoms with Crippen LogP contribution in [0.15, 0.2) is 0 Å². The maximum absolute atomic E-state index is 9.32. The third-order valence-corrected chi connectivity index (χ3v) is 3.00. The van der Waals surface area contributed by atoms with Crippen LogP contribution in [0.1, 0.15) is 0 Å². The van der Waals surface area contributed by atoms with Crippen molar-refractivity contribution in [2.45, 2.75) is 0 Å². The molecule has 0 saturated heterocycles. The molecule has 0 saturated carbocycles. The van der Waals surface area contributed by atoms with Crippen LogP contribution >= 0.6 is 0 Å². The summed E-state index contributed by atoms with van der Waals surface area (Å²) in [5.74, 6) is 0. The van der Waals surface area contributed by atoms with Crippen molar-refractivity contribution < 1.29 is 18.9 Å². The molecule has 0 aromatic heterocycles. The van der Waals surface area contributed by atoms with Crippen molar-refractivity contribution in [1.82, 2.24) is 0 Å². The van der Waals surface area contributed by atoms with Crippen molar-refractivity contribution in [3.8, 4) is 0 Å². The van der Waals surface area contributed by atoms with Gasteiger partial charge in [-0.15, -0.1) is 0 Å². The molecule has 5 nitrogen and oxygen atoms in total. The van der Waals surface area contributed by atoms with Gasteiger partial charge in [-0.3, -0.25) is 0 Å². The van der Waals surface area contributed by atoms with Gasteiger partial charge in [-0.1, -0.05) is 0 Å². The van der Waals surface area contributed by atoms with Crippen molar-refractivity contribution in [3.63, 3.8) is 0 Å². The zero-order chi connectivity index (χ0) is 5.86. The van der Waals surface area contributed by atoms with E-state index in [1.54, 1.807) is 0 Å². The molecule has 0 atom stereocenters. The molecule has 0 spiro atoms. The Morgan fingerprint density at radius 1 is 1.14 bits per heavy atom. The first kappa shape index (κ1) is 7.52. The molecule has 0 N–H and O–H groups in total. The summed E-state index contributed by atoms with van der Waals surface area (Å²) in [5.41, 5.74) is 0. The minimum atomic E-state index is -3.69. The van der Waals surface area contributed by atoms with E-state index in [0.29, 0.717) is 0 Å². The van der Waals surface area contributed by atoms with Crippen LogP contribution in [0.5, 0.6) is 0 Å². The Hall–Kier alpha value is 0.519. The number of hydrogen-bond donors (Lipinski definition) is 0. The molecule has 0 unspecified atom stereocenters. The molecule has 0 aliphatic heterocycles. The third-order valence-electron chi connectivity index (χ3n) is 0.111. The average Bonchev–Trinajstić information content (AvgIpc) is 1.27. The summed E-state index contributed by atoms with van der Waals surface area (Å²) in [6.07, 6.45) is 0. The molecule has 0 heterocycles. The summed E-state index contributed by atoms with van der Waals surface area (Å²) in [6.45, 7) is 0. The van der Waals surface area contributed by atoms with Crippen LogP contribution in [0.25, 0.3) is 0 Å². The predicted octanol–water partition coefficient (Wildman–Crippen LogP) is -3.45. The SMILES string of the molecule is O=[Se]([O-])O[Se](=O)[O-]. The molecule has 0 aliphatic carbocycles. The van der Waals surface area contributed by atoms with Gasteiger partial charge in [-0.05, 0) is 0 Å². The second-order valence-electron chi connectivity index (χ2n) is 0.476. The fourth-order valence-corrected chi connectivity index (χ4v) is 1.22. The van der Waals surface area contributed by atoms with E-state index in [1.165, 1.54) is 0 Å². The molecule has 7 heavy (non-hydrogen) atoms. The summed E-state index contributed by atoms with van der Waals surface area (Å²) in [5, 5.41) is 0.